The average Bonchev–Trinajstić information content (AvgIpc) is 2.65. The summed E-state index contributed by atoms with van der Waals surface area (Å²) >= 11 is 1.61. The van der Waals surface area contributed by atoms with Crippen molar-refractivity contribution in [1.82, 2.24) is 9.88 Å². The third kappa shape index (κ3) is 3.78. The van der Waals surface area contributed by atoms with Crippen LogP contribution in [0.5, 0.6) is 0 Å². The summed E-state index contributed by atoms with van der Waals surface area (Å²) in [6, 6.07) is 0. The number of nitrogens with two attached hydrogens (primary N) is 1. The summed E-state index contributed by atoms with van der Waals surface area (Å²) in [5, 5.41) is 3.02. The van der Waals surface area contributed by atoms with Crippen LogP contribution < -0.4 is 5.73 Å². The molecular weight excluding hydrogens is 246 g/mol. The molecule has 2 heterocycles. The van der Waals surface area contributed by atoms with E-state index in [0.29, 0.717) is 13.0 Å². The molecule has 1 saturated heterocycles. The van der Waals surface area contributed by atoms with Crippen molar-refractivity contribution < 1.29 is 4.79 Å². The predicted octanol–water partition coefficient (Wildman–Crippen LogP) is 1.59. The van der Waals surface area contributed by atoms with E-state index in [1.54, 1.807) is 11.3 Å². The molecule has 0 unspecified atom stereocenters. The van der Waals surface area contributed by atoms with Crippen LogP contribution in [0.2, 0.25) is 0 Å². The Kier molecular flexibility index (Phi) is 5.13. The number of hydrogen-bond acceptors (Lipinski definition) is 4. The Morgan fingerprint density at radius 1 is 1.33 bits per heavy atom. The van der Waals surface area contributed by atoms with Crippen LogP contribution in [-0.4, -0.2) is 35.4 Å². The van der Waals surface area contributed by atoms with Gasteiger partial charge in [0.05, 0.1) is 17.1 Å². The van der Waals surface area contributed by atoms with Crippen molar-refractivity contribution in [3.05, 3.63) is 16.1 Å². The topological polar surface area (TPSA) is 59.2 Å². The molecule has 0 aromatic carbocycles. The van der Waals surface area contributed by atoms with Crippen LogP contribution in [0.3, 0.4) is 0 Å². The van der Waals surface area contributed by atoms with Crippen LogP contribution in [0.1, 0.15) is 36.4 Å². The van der Waals surface area contributed by atoms with Crippen LogP contribution in [-0.2, 0) is 17.6 Å². The van der Waals surface area contributed by atoms with Crippen LogP contribution >= 0.6 is 11.3 Å². The number of thiazole rings is 1. The lowest BCUT2D eigenvalue weighted by atomic mass is 10.2. The molecule has 0 saturated carbocycles. The number of rotatable bonds is 4. The molecule has 0 atom stereocenters. The number of likely N-dealkylation sites (tertiary alicyclic amines) is 1. The van der Waals surface area contributed by atoms with Crippen molar-refractivity contribution in [3.8, 4) is 0 Å². The smallest absolute Gasteiger partial charge is 0.228 e. The molecule has 2 N–H and O–H groups in total. The van der Waals surface area contributed by atoms with E-state index in [1.807, 2.05) is 10.3 Å². The zero-order valence-electron chi connectivity index (χ0n) is 10.7. The zero-order chi connectivity index (χ0) is 12.8. The first kappa shape index (κ1) is 13.5. The maximum atomic E-state index is 12.2. The van der Waals surface area contributed by atoms with Gasteiger partial charge in [0.1, 0.15) is 0 Å². The van der Waals surface area contributed by atoms with Gasteiger partial charge in [-0.2, -0.15) is 0 Å². The van der Waals surface area contributed by atoms with E-state index < -0.39 is 0 Å². The lowest BCUT2D eigenvalue weighted by Gasteiger charge is -2.19. The minimum absolute atomic E-state index is 0.224. The van der Waals surface area contributed by atoms with E-state index in [-0.39, 0.29) is 5.91 Å². The Labute approximate surface area is 112 Å². The van der Waals surface area contributed by atoms with Crippen molar-refractivity contribution in [2.24, 2.45) is 5.73 Å². The van der Waals surface area contributed by atoms with E-state index in [2.05, 4.69) is 4.98 Å². The van der Waals surface area contributed by atoms with Gasteiger partial charge >= 0.3 is 0 Å². The highest BCUT2D eigenvalue weighted by molar-refractivity contribution is 7.09. The number of carbonyl (C=O) groups excluding carboxylic acids is 1. The molecule has 18 heavy (non-hydrogen) atoms. The molecule has 0 aliphatic carbocycles. The number of aromatic nitrogens is 1. The van der Waals surface area contributed by atoms with E-state index in [1.165, 1.54) is 12.8 Å². The lowest BCUT2D eigenvalue weighted by Crippen LogP contribution is -2.33. The molecule has 100 valence electrons. The molecule has 1 amide bonds. The Bertz CT molecular complexity index is 383. The minimum Gasteiger partial charge on any atom is -0.342 e. The maximum Gasteiger partial charge on any atom is 0.228 e. The monoisotopic (exact) mass is 267 g/mol. The molecular formula is C13H21N3OS. The van der Waals surface area contributed by atoms with Gasteiger partial charge in [0.15, 0.2) is 0 Å². The highest BCUT2D eigenvalue weighted by Crippen LogP contribution is 2.14. The normalized spacial score (nSPS) is 16.6. The molecule has 4 nitrogen and oxygen atoms in total. The molecule has 5 heteroatoms. The minimum atomic E-state index is 0.224. The van der Waals surface area contributed by atoms with Gasteiger partial charge in [-0.25, -0.2) is 4.98 Å². The first-order chi connectivity index (χ1) is 8.79. The van der Waals surface area contributed by atoms with Crippen molar-refractivity contribution in [2.45, 2.75) is 38.5 Å². The standard InChI is InChI=1S/C13H21N3OS/c14-6-5-12-15-11(10-18-12)9-13(17)16-7-3-1-2-4-8-16/h10H,1-9,14H2. The number of nitrogens with zero attached hydrogens (tertiary/aromatic N) is 2. The largest absolute Gasteiger partial charge is 0.342 e. The second-order valence-corrected chi connectivity index (χ2v) is 5.69. The Balaban J connectivity index is 1.88. The van der Waals surface area contributed by atoms with Gasteiger partial charge in [-0.15, -0.1) is 11.3 Å². The van der Waals surface area contributed by atoms with Gasteiger partial charge in [-0.1, -0.05) is 12.8 Å². The molecule has 0 radical (unpaired) electrons. The summed E-state index contributed by atoms with van der Waals surface area (Å²) in [6.07, 6.45) is 6.04. The van der Waals surface area contributed by atoms with Gasteiger partial charge in [-0.3, -0.25) is 4.79 Å². The van der Waals surface area contributed by atoms with Crippen molar-refractivity contribution in [1.29, 1.82) is 0 Å². The lowest BCUT2D eigenvalue weighted by molar-refractivity contribution is -0.130. The molecule has 2 rings (SSSR count). The molecule has 1 aliphatic rings. The number of carbonyl (C=O) groups is 1. The first-order valence-corrected chi connectivity index (χ1v) is 7.58. The SMILES string of the molecule is NCCc1nc(CC(=O)N2CCCCCC2)cs1. The van der Waals surface area contributed by atoms with E-state index in [0.717, 1.165) is 43.1 Å². The highest BCUT2D eigenvalue weighted by atomic mass is 32.1. The summed E-state index contributed by atoms with van der Waals surface area (Å²) in [6.45, 7) is 2.45. The fraction of sp³-hybridized carbons (Fsp3) is 0.692. The average molecular weight is 267 g/mol. The van der Waals surface area contributed by atoms with Gasteiger partial charge < -0.3 is 10.6 Å². The molecule has 1 aromatic rings. The molecule has 1 aromatic heterocycles. The summed E-state index contributed by atoms with van der Waals surface area (Å²) in [7, 11) is 0. The summed E-state index contributed by atoms with van der Waals surface area (Å²) in [5.41, 5.74) is 6.40. The molecule has 0 bridgehead atoms. The molecule has 1 fully saturated rings. The Morgan fingerprint density at radius 2 is 2.06 bits per heavy atom. The predicted molar refractivity (Wildman–Crippen MR) is 73.6 cm³/mol. The van der Waals surface area contributed by atoms with Crippen molar-refractivity contribution >= 4 is 17.2 Å². The van der Waals surface area contributed by atoms with E-state index in [9.17, 15) is 4.79 Å². The van der Waals surface area contributed by atoms with Gasteiger partial charge in [-0.05, 0) is 19.4 Å². The molecule has 1 aliphatic heterocycles. The van der Waals surface area contributed by atoms with Crippen LogP contribution in [0, 0.1) is 0 Å². The Hall–Kier alpha value is -0.940. The third-order valence-corrected chi connectivity index (χ3v) is 4.21. The van der Waals surface area contributed by atoms with Crippen LogP contribution in [0.4, 0.5) is 0 Å². The van der Waals surface area contributed by atoms with Gasteiger partial charge in [0.25, 0.3) is 0 Å². The summed E-state index contributed by atoms with van der Waals surface area (Å²) in [5.74, 6) is 0.224. The zero-order valence-corrected chi connectivity index (χ0v) is 11.5. The maximum absolute atomic E-state index is 12.2. The second-order valence-electron chi connectivity index (χ2n) is 4.74. The third-order valence-electron chi connectivity index (χ3n) is 3.25. The number of hydrogen-bond donors (Lipinski definition) is 1. The van der Waals surface area contributed by atoms with E-state index in [4.69, 9.17) is 5.73 Å². The first-order valence-electron chi connectivity index (χ1n) is 6.70. The quantitative estimate of drug-likeness (QED) is 0.901. The van der Waals surface area contributed by atoms with Gasteiger partial charge in [0, 0.05) is 24.9 Å². The molecule has 0 spiro atoms. The summed E-state index contributed by atoms with van der Waals surface area (Å²) in [4.78, 5) is 18.6. The van der Waals surface area contributed by atoms with Crippen LogP contribution in [0.25, 0.3) is 0 Å². The number of amides is 1. The van der Waals surface area contributed by atoms with Crippen molar-refractivity contribution in [2.75, 3.05) is 19.6 Å². The fourth-order valence-corrected chi connectivity index (χ4v) is 3.07. The van der Waals surface area contributed by atoms with Crippen LogP contribution in [0.15, 0.2) is 5.38 Å². The highest BCUT2D eigenvalue weighted by Gasteiger charge is 2.16. The second kappa shape index (κ2) is 6.85. The van der Waals surface area contributed by atoms with E-state index >= 15 is 0 Å². The fourth-order valence-electron chi connectivity index (χ4n) is 2.26. The summed E-state index contributed by atoms with van der Waals surface area (Å²) < 4.78 is 0. The Morgan fingerprint density at radius 3 is 2.72 bits per heavy atom. The van der Waals surface area contributed by atoms with Gasteiger partial charge in [0.2, 0.25) is 5.91 Å². The van der Waals surface area contributed by atoms with Crippen molar-refractivity contribution in [3.63, 3.8) is 0 Å².